The number of hydrogen-bond acceptors (Lipinski definition) is 7. The number of fused-ring (bicyclic) bond motifs is 1. The molecule has 2 heterocycles. The van der Waals surface area contributed by atoms with E-state index in [2.05, 4.69) is 23.0 Å². The molecule has 9 nitrogen and oxygen atoms in total. The van der Waals surface area contributed by atoms with Crippen LogP contribution >= 0.6 is 0 Å². The third kappa shape index (κ3) is 5.37. The largest absolute Gasteiger partial charge is 0.452 e. The second-order valence-corrected chi connectivity index (χ2v) is 9.93. The van der Waals surface area contributed by atoms with Crippen molar-refractivity contribution in [3.8, 4) is 0 Å². The number of ether oxygens (including phenoxy) is 3. The number of carbonyl (C=O) groups excluding carboxylic acids is 2. The van der Waals surface area contributed by atoms with E-state index in [-0.39, 0.29) is 12.1 Å². The van der Waals surface area contributed by atoms with Gasteiger partial charge in [-0.1, -0.05) is 18.2 Å². The summed E-state index contributed by atoms with van der Waals surface area (Å²) in [5.41, 5.74) is 11.4. The van der Waals surface area contributed by atoms with E-state index in [1.54, 1.807) is 9.80 Å². The second kappa shape index (κ2) is 10.9. The van der Waals surface area contributed by atoms with E-state index < -0.39 is 12.2 Å². The van der Waals surface area contributed by atoms with Crippen LogP contribution in [0.2, 0.25) is 0 Å². The maximum absolute atomic E-state index is 13.4. The Kier molecular flexibility index (Phi) is 7.48. The number of nitrogens with zero attached hydrogens (tertiary/aromatic N) is 2. The van der Waals surface area contributed by atoms with Gasteiger partial charge in [-0.3, -0.25) is 9.80 Å². The van der Waals surface area contributed by atoms with Crippen LogP contribution in [0.4, 0.5) is 21.0 Å². The summed E-state index contributed by atoms with van der Waals surface area (Å²) in [4.78, 5) is 29.4. The lowest BCUT2D eigenvalue weighted by atomic mass is 9.99. The summed E-state index contributed by atoms with van der Waals surface area (Å²) in [5, 5.41) is 0. The fourth-order valence-electron chi connectivity index (χ4n) is 4.99. The van der Waals surface area contributed by atoms with Crippen LogP contribution in [0.5, 0.6) is 0 Å². The van der Waals surface area contributed by atoms with Crippen molar-refractivity contribution in [2.24, 2.45) is 0 Å². The molecule has 36 heavy (non-hydrogen) atoms. The van der Waals surface area contributed by atoms with Gasteiger partial charge < -0.3 is 19.6 Å². The molecule has 0 unspecified atom stereocenters. The minimum absolute atomic E-state index is 0.163. The van der Waals surface area contributed by atoms with Crippen LogP contribution in [0.3, 0.4) is 0 Å². The fraction of sp³-hybridized carbons (Fsp3) is 0.556. The van der Waals surface area contributed by atoms with Crippen molar-refractivity contribution in [3.63, 3.8) is 0 Å². The fourth-order valence-corrected chi connectivity index (χ4v) is 4.99. The van der Waals surface area contributed by atoms with E-state index in [1.807, 2.05) is 25.1 Å². The van der Waals surface area contributed by atoms with Crippen molar-refractivity contribution in [1.82, 2.24) is 10.9 Å². The minimum Gasteiger partial charge on any atom is -0.452 e. The van der Waals surface area contributed by atoms with E-state index >= 15 is 0 Å². The predicted molar refractivity (Wildman–Crippen MR) is 138 cm³/mol. The number of anilines is 2. The molecule has 0 radical (unpaired) electrons. The summed E-state index contributed by atoms with van der Waals surface area (Å²) in [6, 6.07) is 6.17. The first-order valence-corrected chi connectivity index (χ1v) is 13.0. The molecule has 9 heteroatoms. The number of amides is 2. The highest BCUT2D eigenvalue weighted by Crippen LogP contribution is 2.40. The number of benzene rings is 1. The predicted octanol–water partition coefficient (Wildman–Crippen LogP) is 4.49. The van der Waals surface area contributed by atoms with Crippen molar-refractivity contribution in [2.45, 2.75) is 70.1 Å². The summed E-state index contributed by atoms with van der Waals surface area (Å²) in [6.45, 7) is 3.41. The highest BCUT2D eigenvalue weighted by molar-refractivity contribution is 6.01. The summed E-state index contributed by atoms with van der Waals surface area (Å²) in [5.74, 6) is 0. The Labute approximate surface area is 212 Å². The molecule has 4 aliphatic rings. The van der Waals surface area contributed by atoms with Crippen LogP contribution in [0.25, 0.3) is 5.57 Å². The van der Waals surface area contributed by atoms with Crippen molar-refractivity contribution in [2.75, 3.05) is 36.7 Å². The van der Waals surface area contributed by atoms with Crippen LogP contribution in [-0.2, 0) is 14.2 Å². The van der Waals surface area contributed by atoms with Crippen molar-refractivity contribution in [3.05, 3.63) is 41.6 Å². The summed E-state index contributed by atoms with van der Waals surface area (Å²) < 4.78 is 16.4. The molecule has 0 spiro atoms. The SMILES string of the molecule is COC(=O)N1c2ccc(C3=C(NNC4CC4)CCCC=C3)cc2N(C(=O)OC2CCOCC2)C[C@@H]1C. The van der Waals surface area contributed by atoms with Gasteiger partial charge in [-0.15, -0.1) is 0 Å². The average Bonchev–Trinajstić information content (AvgIpc) is 3.74. The molecule has 0 aromatic heterocycles. The van der Waals surface area contributed by atoms with Crippen LogP contribution in [-0.4, -0.2) is 57.2 Å². The number of hydrazine groups is 1. The van der Waals surface area contributed by atoms with Crippen LogP contribution in [0.15, 0.2) is 36.0 Å². The molecule has 194 valence electrons. The van der Waals surface area contributed by atoms with Gasteiger partial charge >= 0.3 is 12.2 Å². The van der Waals surface area contributed by atoms with Crippen LogP contribution in [0.1, 0.15) is 57.4 Å². The molecular weight excluding hydrogens is 460 g/mol. The Morgan fingerprint density at radius 1 is 1.08 bits per heavy atom. The van der Waals surface area contributed by atoms with Gasteiger partial charge in [0.25, 0.3) is 0 Å². The number of rotatable bonds is 5. The average molecular weight is 497 g/mol. The van der Waals surface area contributed by atoms with Crippen molar-refractivity contribution < 1.29 is 23.8 Å². The van der Waals surface area contributed by atoms with Gasteiger partial charge in [0.2, 0.25) is 0 Å². The molecule has 2 aliphatic heterocycles. The zero-order valence-corrected chi connectivity index (χ0v) is 21.1. The first kappa shape index (κ1) is 24.6. The Hall–Kier alpha value is -3.04. The summed E-state index contributed by atoms with van der Waals surface area (Å²) in [6.07, 6.45) is 10.1. The van der Waals surface area contributed by atoms with Crippen LogP contribution < -0.4 is 20.7 Å². The van der Waals surface area contributed by atoms with Gasteiger partial charge in [0.05, 0.1) is 44.3 Å². The third-order valence-corrected chi connectivity index (χ3v) is 7.16. The Morgan fingerprint density at radius 2 is 1.89 bits per heavy atom. The Balaban J connectivity index is 1.51. The summed E-state index contributed by atoms with van der Waals surface area (Å²) in [7, 11) is 1.38. The normalized spacial score (nSPS) is 22.7. The molecule has 2 fully saturated rings. The molecule has 1 saturated heterocycles. The molecule has 2 aliphatic carbocycles. The zero-order chi connectivity index (χ0) is 25.1. The van der Waals surface area contributed by atoms with Gasteiger partial charge in [-0.25, -0.2) is 15.0 Å². The van der Waals surface area contributed by atoms with Gasteiger partial charge in [0.15, 0.2) is 0 Å². The molecule has 2 amide bonds. The lowest BCUT2D eigenvalue weighted by molar-refractivity contribution is 0.00366. The van der Waals surface area contributed by atoms with E-state index in [9.17, 15) is 9.59 Å². The molecule has 1 aromatic carbocycles. The van der Waals surface area contributed by atoms with Gasteiger partial charge in [0, 0.05) is 30.2 Å². The standard InChI is InChI=1S/C27H36N4O5/c1-18-17-30(26(32)36-21-12-14-35-15-13-21)25-16-19(8-11-24(25)31(18)27(33)34-2)22-6-4-3-5-7-23(22)29-28-20-9-10-20/h4,6,8,11,16,18,20-21,28-29H,3,5,7,9-10,12-15,17H2,1-2H3/t18-/m0/s1. The number of methoxy groups -OCH3 is 1. The third-order valence-electron chi connectivity index (χ3n) is 7.16. The molecular formula is C27H36N4O5. The lowest BCUT2D eigenvalue weighted by Gasteiger charge is -2.40. The van der Waals surface area contributed by atoms with Crippen LogP contribution in [0, 0.1) is 0 Å². The van der Waals surface area contributed by atoms with Crippen molar-refractivity contribution >= 4 is 29.1 Å². The highest BCUT2D eigenvalue weighted by atomic mass is 16.6. The topological polar surface area (TPSA) is 92.4 Å². The maximum atomic E-state index is 13.4. The molecule has 1 saturated carbocycles. The molecule has 2 N–H and O–H groups in total. The van der Waals surface area contributed by atoms with Crippen molar-refractivity contribution in [1.29, 1.82) is 0 Å². The van der Waals surface area contributed by atoms with Gasteiger partial charge in [-0.05, 0) is 56.7 Å². The first-order valence-electron chi connectivity index (χ1n) is 13.0. The Morgan fingerprint density at radius 3 is 2.64 bits per heavy atom. The zero-order valence-electron chi connectivity index (χ0n) is 21.1. The van der Waals surface area contributed by atoms with Gasteiger partial charge in [0.1, 0.15) is 6.10 Å². The number of nitrogens with one attached hydrogen (secondary N) is 2. The highest BCUT2D eigenvalue weighted by Gasteiger charge is 2.37. The quantitative estimate of drug-likeness (QED) is 0.580. The number of carbonyl (C=O) groups is 2. The van der Waals surface area contributed by atoms with E-state index in [0.717, 1.165) is 36.1 Å². The number of allylic oxidation sites excluding steroid dienone is 4. The summed E-state index contributed by atoms with van der Waals surface area (Å²) >= 11 is 0. The van der Waals surface area contributed by atoms with E-state index in [0.29, 0.717) is 50.0 Å². The maximum Gasteiger partial charge on any atom is 0.414 e. The molecule has 1 aromatic rings. The lowest BCUT2D eigenvalue weighted by Crippen LogP contribution is -2.52. The molecule has 0 bridgehead atoms. The molecule has 1 atom stereocenters. The Bertz CT molecular complexity index is 1040. The van der Waals surface area contributed by atoms with Gasteiger partial charge in [-0.2, -0.15) is 0 Å². The monoisotopic (exact) mass is 496 g/mol. The number of hydrogen-bond donors (Lipinski definition) is 2. The second-order valence-electron chi connectivity index (χ2n) is 9.93. The smallest absolute Gasteiger partial charge is 0.414 e. The molecule has 5 rings (SSSR count). The van der Waals surface area contributed by atoms with E-state index in [4.69, 9.17) is 14.2 Å². The van der Waals surface area contributed by atoms with E-state index in [1.165, 1.54) is 20.0 Å². The first-order chi connectivity index (χ1) is 17.5. The minimum atomic E-state index is -0.446.